The van der Waals surface area contributed by atoms with Crippen LogP contribution in [-0.4, -0.2) is 54.3 Å². The fraction of sp³-hybridized carbons (Fsp3) is 0.325. The minimum atomic E-state index is -1.47. The van der Waals surface area contributed by atoms with Gasteiger partial charge in [0.25, 0.3) is 0 Å². The topological polar surface area (TPSA) is 113 Å². The Morgan fingerprint density at radius 3 is 2.02 bits per heavy atom. The van der Waals surface area contributed by atoms with Crippen molar-refractivity contribution in [1.82, 2.24) is 0 Å². The lowest BCUT2D eigenvalue weighted by Crippen LogP contribution is -2.36. The molecule has 4 aromatic rings. The number of anilines is 1. The van der Waals surface area contributed by atoms with Gasteiger partial charge in [-0.1, -0.05) is 64.5 Å². The standard InChI is InChI=1S/C18H18O2.C14H18BrNO2.C8H9BO3/c1-12-10-16(11-15-4-3-5-17(12)15)13-6-8-14(9-7-13)18(19)20-2;1-9-7-11(15)8-10-5-6-16(12(9)10)13(17)18-14(2,3)4;1-6(10)7-2-4-8(5-3-7)9(11)12/h6-11H,3-5H2,1-2H3;7-8H,5-6H2,1-4H3;2-5,11-12H,1H3. The van der Waals surface area contributed by atoms with Gasteiger partial charge in [0, 0.05) is 16.6 Å². The fourth-order valence-corrected chi connectivity index (χ4v) is 6.74. The average molecular weight is 743 g/mol. The summed E-state index contributed by atoms with van der Waals surface area (Å²) in [7, 11) is -0.0638. The molecule has 262 valence electrons. The number of esters is 1. The molecule has 10 heteroatoms. The van der Waals surface area contributed by atoms with Crippen LogP contribution in [0.2, 0.25) is 0 Å². The van der Waals surface area contributed by atoms with Crippen LogP contribution in [-0.2, 0) is 28.7 Å². The lowest BCUT2D eigenvalue weighted by molar-refractivity contribution is 0.0579. The molecule has 4 aromatic carbocycles. The van der Waals surface area contributed by atoms with Crippen LogP contribution >= 0.6 is 15.9 Å². The fourth-order valence-electron chi connectivity index (χ4n) is 6.13. The van der Waals surface area contributed by atoms with E-state index in [9.17, 15) is 14.4 Å². The molecule has 50 heavy (non-hydrogen) atoms. The predicted molar refractivity (Wildman–Crippen MR) is 202 cm³/mol. The molecule has 0 radical (unpaired) electrons. The molecule has 0 saturated carbocycles. The van der Waals surface area contributed by atoms with Gasteiger partial charge < -0.3 is 19.5 Å². The highest BCUT2D eigenvalue weighted by atomic mass is 79.9. The molecule has 2 N–H and O–H groups in total. The maximum absolute atomic E-state index is 12.2. The van der Waals surface area contributed by atoms with E-state index in [-0.39, 0.29) is 17.8 Å². The number of ether oxygens (including phenoxy) is 2. The van der Waals surface area contributed by atoms with E-state index in [1.54, 1.807) is 17.0 Å². The molecule has 1 aliphatic heterocycles. The third-order valence-corrected chi connectivity index (χ3v) is 8.98. The van der Waals surface area contributed by atoms with Gasteiger partial charge in [0.05, 0.1) is 18.4 Å². The summed E-state index contributed by atoms with van der Waals surface area (Å²) >= 11 is 3.49. The minimum absolute atomic E-state index is 0.0334. The van der Waals surface area contributed by atoms with Gasteiger partial charge in [-0.05, 0) is 136 Å². The molecule has 0 atom stereocenters. The van der Waals surface area contributed by atoms with Gasteiger partial charge in [0.15, 0.2) is 5.78 Å². The van der Waals surface area contributed by atoms with Crippen molar-refractivity contribution >= 4 is 52.0 Å². The van der Waals surface area contributed by atoms with Crippen molar-refractivity contribution in [3.63, 3.8) is 0 Å². The van der Waals surface area contributed by atoms with Crippen LogP contribution in [0.15, 0.2) is 77.3 Å². The van der Waals surface area contributed by atoms with E-state index in [0.29, 0.717) is 23.1 Å². The molecular weight excluding hydrogens is 697 g/mol. The third kappa shape index (κ3) is 9.93. The van der Waals surface area contributed by atoms with Crippen molar-refractivity contribution in [2.45, 2.75) is 72.8 Å². The maximum atomic E-state index is 12.2. The third-order valence-electron chi connectivity index (χ3n) is 8.53. The summed E-state index contributed by atoms with van der Waals surface area (Å²) < 4.78 is 11.2. The second-order valence-corrected chi connectivity index (χ2v) is 14.4. The number of carbonyl (C=O) groups is 3. The first-order valence-corrected chi connectivity index (χ1v) is 17.4. The quantitative estimate of drug-likeness (QED) is 0.126. The van der Waals surface area contributed by atoms with Crippen LogP contribution in [0.25, 0.3) is 11.1 Å². The number of fused-ring (bicyclic) bond motifs is 2. The Bertz CT molecular complexity index is 1850. The highest BCUT2D eigenvalue weighted by Crippen LogP contribution is 2.35. The highest BCUT2D eigenvalue weighted by Gasteiger charge is 2.30. The van der Waals surface area contributed by atoms with Gasteiger partial charge in [0.2, 0.25) is 0 Å². The Kier molecular flexibility index (Phi) is 12.8. The zero-order valence-corrected chi connectivity index (χ0v) is 31.4. The Labute approximate surface area is 303 Å². The number of carbonyl (C=O) groups excluding carboxylic acids is 3. The van der Waals surface area contributed by atoms with Crippen LogP contribution in [0.1, 0.15) is 82.6 Å². The molecule has 1 amide bonds. The van der Waals surface area contributed by atoms with Crippen LogP contribution in [0.4, 0.5) is 10.5 Å². The molecule has 0 saturated heterocycles. The van der Waals surface area contributed by atoms with Gasteiger partial charge in [-0.3, -0.25) is 9.69 Å². The molecule has 6 rings (SSSR count). The van der Waals surface area contributed by atoms with Crippen molar-refractivity contribution in [2.75, 3.05) is 18.6 Å². The van der Waals surface area contributed by atoms with Gasteiger partial charge in [0.1, 0.15) is 5.60 Å². The SMILES string of the molecule is CC(=O)c1ccc(B(O)O)cc1.COC(=O)c1ccc(-c2cc(C)c3c(c2)CCC3)cc1.Cc1cc(Br)cc2c1N(C(=O)OC(C)(C)C)CC2. The monoisotopic (exact) mass is 741 g/mol. The van der Waals surface area contributed by atoms with E-state index in [4.69, 9.17) is 19.5 Å². The summed E-state index contributed by atoms with van der Waals surface area (Å²) in [5, 5.41) is 17.4. The Morgan fingerprint density at radius 1 is 0.800 bits per heavy atom. The summed E-state index contributed by atoms with van der Waals surface area (Å²) in [5.74, 6) is -0.323. The molecule has 0 fully saturated rings. The van der Waals surface area contributed by atoms with Crippen LogP contribution < -0.4 is 10.4 Å². The van der Waals surface area contributed by atoms with E-state index in [2.05, 4.69) is 41.1 Å². The number of aryl methyl sites for hydroxylation is 3. The zero-order valence-electron chi connectivity index (χ0n) is 29.8. The van der Waals surface area contributed by atoms with Crippen LogP contribution in [0, 0.1) is 13.8 Å². The highest BCUT2D eigenvalue weighted by molar-refractivity contribution is 9.10. The summed E-state index contributed by atoms with van der Waals surface area (Å²) in [4.78, 5) is 36.1. The number of Topliss-reactive ketones (excluding diaryl/α,β-unsaturated/α-hetero) is 1. The summed E-state index contributed by atoms with van der Waals surface area (Å²) in [5.41, 5.74) is 11.2. The number of benzene rings is 4. The maximum Gasteiger partial charge on any atom is 0.488 e. The Balaban J connectivity index is 0.000000174. The second kappa shape index (κ2) is 16.6. The lowest BCUT2D eigenvalue weighted by atomic mass is 9.80. The van der Waals surface area contributed by atoms with Gasteiger partial charge in [-0.25, -0.2) is 9.59 Å². The number of rotatable bonds is 4. The number of hydrogen-bond donors (Lipinski definition) is 2. The van der Waals surface area contributed by atoms with Gasteiger partial charge >= 0.3 is 19.2 Å². The zero-order chi connectivity index (χ0) is 36.7. The molecule has 0 spiro atoms. The lowest BCUT2D eigenvalue weighted by Gasteiger charge is -2.25. The molecule has 2 aliphatic rings. The molecular formula is C40H45BBrNO7. The Hall–Kier alpha value is -4.25. The molecule has 1 heterocycles. The molecule has 0 bridgehead atoms. The first-order valence-electron chi connectivity index (χ1n) is 16.7. The van der Waals surface area contributed by atoms with E-state index < -0.39 is 12.7 Å². The number of halogens is 1. The molecule has 0 aromatic heterocycles. The van der Waals surface area contributed by atoms with Crippen molar-refractivity contribution in [1.29, 1.82) is 0 Å². The van der Waals surface area contributed by atoms with Crippen LogP contribution in [0.5, 0.6) is 0 Å². The average Bonchev–Trinajstić information content (AvgIpc) is 3.72. The largest absolute Gasteiger partial charge is 0.488 e. The van der Waals surface area contributed by atoms with E-state index in [0.717, 1.165) is 27.7 Å². The molecule has 8 nitrogen and oxygen atoms in total. The molecule has 1 aliphatic carbocycles. The minimum Gasteiger partial charge on any atom is -0.465 e. The molecule has 0 unspecified atom stereocenters. The normalized spacial score (nSPS) is 12.8. The van der Waals surface area contributed by atoms with E-state index >= 15 is 0 Å². The summed E-state index contributed by atoms with van der Waals surface area (Å²) in [6.45, 7) is 12.0. The van der Waals surface area contributed by atoms with Crippen molar-refractivity contribution in [2.24, 2.45) is 0 Å². The Morgan fingerprint density at radius 2 is 1.44 bits per heavy atom. The smallest absolute Gasteiger partial charge is 0.465 e. The van der Waals surface area contributed by atoms with Crippen molar-refractivity contribution in [3.8, 4) is 11.1 Å². The number of ketones is 1. The van der Waals surface area contributed by atoms with Gasteiger partial charge in [-0.15, -0.1) is 0 Å². The first kappa shape index (κ1) is 38.6. The predicted octanol–water partition coefficient (Wildman–Crippen LogP) is 7.56. The van der Waals surface area contributed by atoms with E-state index in [1.807, 2.05) is 58.0 Å². The van der Waals surface area contributed by atoms with Crippen molar-refractivity contribution < 1.29 is 33.9 Å². The number of amides is 1. The number of hydrogen-bond acceptors (Lipinski definition) is 7. The van der Waals surface area contributed by atoms with Crippen LogP contribution in [0.3, 0.4) is 0 Å². The summed E-state index contributed by atoms with van der Waals surface area (Å²) in [6.07, 6.45) is 4.29. The number of methoxy groups -OCH3 is 1. The van der Waals surface area contributed by atoms with E-state index in [1.165, 1.54) is 73.2 Å². The first-order chi connectivity index (χ1) is 23.6. The second-order valence-electron chi connectivity index (χ2n) is 13.5. The van der Waals surface area contributed by atoms with Gasteiger partial charge in [-0.2, -0.15) is 0 Å². The number of nitrogens with zero attached hydrogens (tertiary/aromatic N) is 1. The van der Waals surface area contributed by atoms with Crippen molar-refractivity contribution in [3.05, 3.63) is 116 Å². The summed E-state index contributed by atoms with van der Waals surface area (Å²) in [6, 6.07) is 22.4.